The summed E-state index contributed by atoms with van der Waals surface area (Å²) in [7, 11) is 0. The highest BCUT2D eigenvalue weighted by molar-refractivity contribution is 5.29. The van der Waals surface area contributed by atoms with Crippen LogP contribution in [0, 0.1) is 11.6 Å². The largest absolute Gasteiger partial charge is 0.494 e. The van der Waals surface area contributed by atoms with Gasteiger partial charge in [0.15, 0.2) is 11.6 Å². The van der Waals surface area contributed by atoms with E-state index in [0.29, 0.717) is 17.9 Å². The van der Waals surface area contributed by atoms with Crippen molar-refractivity contribution in [3.63, 3.8) is 0 Å². The predicted molar refractivity (Wildman–Crippen MR) is 74.4 cm³/mol. The van der Waals surface area contributed by atoms with E-state index in [9.17, 15) is 13.9 Å². The Hall–Kier alpha value is -2.14. The van der Waals surface area contributed by atoms with Crippen LogP contribution in [0.2, 0.25) is 0 Å². The van der Waals surface area contributed by atoms with Crippen molar-refractivity contribution in [3.8, 4) is 11.5 Å². The molecular weight excluding hydrogens is 278 g/mol. The maximum Gasteiger partial charge on any atom is 0.200 e. The Bertz CT molecular complexity index is 585. The van der Waals surface area contributed by atoms with Gasteiger partial charge < -0.3 is 14.6 Å². The lowest BCUT2D eigenvalue weighted by Crippen LogP contribution is -2.10. The van der Waals surface area contributed by atoms with Gasteiger partial charge in [-0.25, -0.2) is 4.39 Å². The fourth-order valence-electron chi connectivity index (χ4n) is 1.81. The molecule has 2 aromatic carbocycles. The molecule has 0 aliphatic carbocycles. The summed E-state index contributed by atoms with van der Waals surface area (Å²) in [6.45, 7) is 2.27. The molecule has 1 atom stereocenters. The lowest BCUT2D eigenvalue weighted by molar-refractivity contribution is 0.105. The van der Waals surface area contributed by atoms with Crippen LogP contribution in [0.4, 0.5) is 8.78 Å². The van der Waals surface area contributed by atoms with Gasteiger partial charge in [-0.3, -0.25) is 0 Å². The standard InChI is InChI=1S/C16H16F2O3/c1-2-20-12-8-6-11(7-9-12)14(19)10-21-15-5-3-4-13(17)16(15)18/h3-9,14,19H,2,10H2,1H3. The molecule has 112 valence electrons. The predicted octanol–water partition coefficient (Wildman–Crippen LogP) is 3.48. The van der Waals surface area contributed by atoms with Gasteiger partial charge in [-0.15, -0.1) is 0 Å². The molecule has 2 aromatic rings. The van der Waals surface area contributed by atoms with Gasteiger partial charge in [0.2, 0.25) is 5.82 Å². The van der Waals surface area contributed by atoms with E-state index in [1.54, 1.807) is 24.3 Å². The van der Waals surface area contributed by atoms with Crippen LogP contribution >= 0.6 is 0 Å². The number of hydrogen-bond acceptors (Lipinski definition) is 3. The topological polar surface area (TPSA) is 38.7 Å². The molecule has 0 fully saturated rings. The van der Waals surface area contributed by atoms with Crippen molar-refractivity contribution in [2.75, 3.05) is 13.2 Å². The Balaban J connectivity index is 1.98. The Morgan fingerprint density at radius 3 is 2.43 bits per heavy atom. The first kappa shape index (κ1) is 15.3. The lowest BCUT2D eigenvalue weighted by Gasteiger charge is -2.14. The first-order valence-electron chi connectivity index (χ1n) is 6.59. The highest BCUT2D eigenvalue weighted by Crippen LogP contribution is 2.22. The van der Waals surface area contributed by atoms with Crippen molar-refractivity contribution in [2.45, 2.75) is 13.0 Å². The summed E-state index contributed by atoms with van der Waals surface area (Å²) >= 11 is 0. The van der Waals surface area contributed by atoms with Crippen LogP contribution in [-0.2, 0) is 0 Å². The molecule has 0 spiro atoms. The first-order chi connectivity index (χ1) is 10.1. The van der Waals surface area contributed by atoms with E-state index < -0.39 is 17.7 Å². The molecule has 0 saturated heterocycles. The smallest absolute Gasteiger partial charge is 0.200 e. The van der Waals surface area contributed by atoms with E-state index in [4.69, 9.17) is 9.47 Å². The minimum absolute atomic E-state index is 0.172. The summed E-state index contributed by atoms with van der Waals surface area (Å²) in [5, 5.41) is 9.98. The minimum atomic E-state index is -1.06. The van der Waals surface area contributed by atoms with Crippen LogP contribution in [0.3, 0.4) is 0 Å². The van der Waals surface area contributed by atoms with E-state index in [1.165, 1.54) is 12.1 Å². The lowest BCUT2D eigenvalue weighted by atomic mass is 10.1. The van der Waals surface area contributed by atoms with Crippen LogP contribution in [0.25, 0.3) is 0 Å². The fraction of sp³-hybridized carbons (Fsp3) is 0.250. The van der Waals surface area contributed by atoms with Gasteiger partial charge in [-0.1, -0.05) is 18.2 Å². The van der Waals surface area contributed by atoms with E-state index in [-0.39, 0.29) is 12.4 Å². The number of aliphatic hydroxyl groups excluding tert-OH is 1. The van der Waals surface area contributed by atoms with Crippen LogP contribution in [0.1, 0.15) is 18.6 Å². The number of ether oxygens (including phenoxy) is 2. The second kappa shape index (κ2) is 7.04. The molecular formula is C16H16F2O3. The first-order valence-corrected chi connectivity index (χ1v) is 6.59. The average molecular weight is 294 g/mol. The molecule has 1 unspecified atom stereocenters. The molecule has 1 N–H and O–H groups in total. The van der Waals surface area contributed by atoms with Crippen LogP contribution < -0.4 is 9.47 Å². The van der Waals surface area contributed by atoms with Gasteiger partial charge in [0.05, 0.1) is 6.61 Å². The minimum Gasteiger partial charge on any atom is -0.494 e. The van der Waals surface area contributed by atoms with Crippen LogP contribution in [0.15, 0.2) is 42.5 Å². The van der Waals surface area contributed by atoms with Gasteiger partial charge >= 0.3 is 0 Å². The molecule has 0 heterocycles. The Labute approximate surface area is 121 Å². The summed E-state index contributed by atoms with van der Waals surface area (Å²) < 4.78 is 36.8. The van der Waals surface area contributed by atoms with Gasteiger partial charge in [-0.05, 0) is 36.8 Å². The molecule has 0 aliphatic rings. The Morgan fingerprint density at radius 2 is 1.76 bits per heavy atom. The normalized spacial score (nSPS) is 12.0. The molecule has 0 amide bonds. The summed E-state index contributed by atoms with van der Waals surface area (Å²) in [4.78, 5) is 0. The SMILES string of the molecule is CCOc1ccc(C(O)COc2cccc(F)c2F)cc1. The molecule has 0 aromatic heterocycles. The number of halogens is 2. The van der Waals surface area contributed by atoms with Gasteiger partial charge in [0, 0.05) is 0 Å². The molecule has 0 radical (unpaired) electrons. The summed E-state index contributed by atoms with van der Waals surface area (Å²) in [5.74, 6) is -1.56. The van der Waals surface area contributed by atoms with E-state index >= 15 is 0 Å². The monoisotopic (exact) mass is 294 g/mol. The van der Waals surface area contributed by atoms with Crippen molar-refractivity contribution in [1.29, 1.82) is 0 Å². The summed E-state index contributed by atoms with van der Waals surface area (Å²) in [6, 6.07) is 10.5. The van der Waals surface area contributed by atoms with E-state index in [0.717, 1.165) is 6.07 Å². The summed E-state index contributed by atoms with van der Waals surface area (Å²) in [6.07, 6.45) is -0.941. The maximum absolute atomic E-state index is 13.4. The van der Waals surface area contributed by atoms with E-state index in [1.807, 2.05) is 6.92 Å². The third-order valence-electron chi connectivity index (χ3n) is 2.89. The third-order valence-corrected chi connectivity index (χ3v) is 2.89. The molecule has 3 nitrogen and oxygen atoms in total. The zero-order valence-corrected chi connectivity index (χ0v) is 11.6. The second-order valence-electron chi connectivity index (χ2n) is 4.38. The van der Waals surface area contributed by atoms with Crippen LogP contribution in [-0.4, -0.2) is 18.3 Å². The molecule has 0 aliphatic heterocycles. The zero-order chi connectivity index (χ0) is 15.2. The fourth-order valence-corrected chi connectivity index (χ4v) is 1.81. The molecule has 0 saturated carbocycles. The molecule has 2 rings (SSSR count). The van der Waals surface area contributed by atoms with Crippen molar-refractivity contribution in [2.24, 2.45) is 0 Å². The number of aliphatic hydroxyl groups is 1. The Kier molecular flexibility index (Phi) is 5.11. The number of rotatable bonds is 6. The highest BCUT2D eigenvalue weighted by atomic mass is 19.2. The van der Waals surface area contributed by atoms with Gasteiger partial charge in [-0.2, -0.15) is 4.39 Å². The van der Waals surface area contributed by atoms with Crippen molar-refractivity contribution in [1.82, 2.24) is 0 Å². The van der Waals surface area contributed by atoms with Crippen molar-refractivity contribution < 1.29 is 23.4 Å². The Morgan fingerprint density at radius 1 is 1.05 bits per heavy atom. The van der Waals surface area contributed by atoms with Crippen molar-refractivity contribution >= 4 is 0 Å². The highest BCUT2D eigenvalue weighted by Gasteiger charge is 2.12. The average Bonchev–Trinajstić information content (AvgIpc) is 2.49. The van der Waals surface area contributed by atoms with Gasteiger partial charge in [0.25, 0.3) is 0 Å². The maximum atomic E-state index is 13.4. The summed E-state index contributed by atoms with van der Waals surface area (Å²) in [5.41, 5.74) is 0.607. The number of hydrogen-bond donors (Lipinski definition) is 1. The van der Waals surface area contributed by atoms with E-state index in [2.05, 4.69) is 0 Å². The zero-order valence-electron chi connectivity index (χ0n) is 11.6. The third kappa shape index (κ3) is 3.92. The number of benzene rings is 2. The second-order valence-corrected chi connectivity index (χ2v) is 4.38. The van der Waals surface area contributed by atoms with Crippen molar-refractivity contribution in [3.05, 3.63) is 59.7 Å². The molecule has 21 heavy (non-hydrogen) atoms. The molecule has 0 bridgehead atoms. The van der Waals surface area contributed by atoms with Crippen LogP contribution in [0.5, 0.6) is 11.5 Å². The quantitative estimate of drug-likeness (QED) is 0.886. The molecule has 5 heteroatoms. The van der Waals surface area contributed by atoms with Gasteiger partial charge in [0.1, 0.15) is 18.5 Å².